The molecule has 0 aliphatic rings. The van der Waals surface area contributed by atoms with Gasteiger partial charge >= 0.3 is 5.97 Å². The molecule has 2 N–H and O–H groups in total. The number of carbonyl (C=O) groups excluding carboxylic acids is 2. The number of carbonyl (C=O) groups is 3. The smallest absolute Gasteiger partial charge is 0.305 e. The highest BCUT2D eigenvalue weighted by Gasteiger charge is 2.26. The number of hydrogen-bond acceptors (Lipinski definition) is 3. The van der Waals surface area contributed by atoms with Gasteiger partial charge in [0, 0.05) is 35.8 Å². The van der Waals surface area contributed by atoms with E-state index < -0.39 is 23.5 Å². The first kappa shape index (κ1) is 30.1. The van der Waals surface area contributed by atoms with E-state index in [4.69, 9.17) is 0 Å². The Balaban J connectivity index is 1.62. The zero-order valence-electron chi connectivity index (χ0n) is 23.2. The fourth-order valence-corrected chi connectivity index (χ4v) is 4.85. The summed E-state index contributed by atoms with van der Waals surface area (Å²) in [4.78, 5) is 40.3. The van der Waals surface area contributed by atoms with Gasteiger partial charge in [0.1, 0.15) is 11.6 Å². The maximum Gasteiger partial charge on any atom is 0.305 e. The van der Waals surface area contributed by atoms with Gasteiger partial charge in [0.05, 0.1) is 6.42 Å². The van der Waals surface area contributed by atoms with E-state index >= 15 is 0 Å². The maximum absolute atomic E-state index is 14.1. The average Bonchev–Trinajstić information content (AvgIpc) is 3.00. The molecule has 6 nitrogen and oxygen atoms in total. The number of rotatable bonds is 12. The molecule has 0 saturated carbocycles. The summed E-state index contributed by atoms with van der Waals surface area (Å²) in [6, 6.07) is 26.6. The van der Waals surface area contributed by atoms with Crippen LogP contribution in [0.2, 0.25) is 0 Å². The van der Waals surface area contributed by atoms with Gasteiger partial charge in [-0.05, 0) is 60.7 Å². The molecule has 4 aromatic rings. The van der Waals surface area contributed by atoms with Crippen LogP contribution in [0.4, 0.5) is 8.78 Å². The molecular weight excluding hydrogens is 538 g/mol. The molecule has 0 spiro atoms. The van der Waals surface area contributed by atoms with Gasteiger partial charge in [-0.25, -0.2) is 8.78 Å². The van der Waals surface area contributed by atoms with Crippen molar-refractivity contribution < 1.29 is 28.3 Å². The first-order valence-corrected chi connectivity index (χ1v) is 13.7. The molecule has 4 rings (SSSR count). The fourth-order valence-electron chi connectivity index (χ4n) is 4.85. The van der Waals surface area contributed by atoms with Gasteiger partial charge in [0.2, 0.25) is 0 Å². The Morgan fingerprint density at radius 2 is 1.36 bits per heavy atom. The molecule has 42 heavy (non-hydrogen) atoms. The summed E-state index contributed by atoms with van der Waals surface area (Å²) in [5.41, 5.74) is 2.35. The number of halogens is 2. The third-order valence-corrected chi connectivity index (χ3v) is 7.16. The molecule has 0 aromatic heterocycles. The van der Waals surface area contributed by atoms with Crippen molar-refractivity contribution in [3.8, 4) is 11.1 Å². The lowest BCUT2D eigenvalue weighted by molar-refractivity contribution is -0.137. The zero-order valence-corrected chi connectivity index (χ0v) is 23.2. The van der Waals surface area contributed by atoms with Crippen LogP contribution >= 0.6 is 0 Å². The SMILES string of the molecule is CC(CCc1ccccc1)N(CCC(=O)O)C(=O)c1ccccc1-c1ccccc1C(=O)NCc1c(F)cccc1F. The highest BCUT2D eigenvalue weighted by Crippen LogP contribution is 2.29. The van der Waals surface area contributed by atoms with E-state index in [0.717, 1.165) is 17.7 Å². The number of carboxylic acid groups (broad SMARTS) is 1. The van der Waals surface area contributed by atoms with Crippen molar-refractivity contribution >= 4 is 17.8 Å². The second-order valence-corrected chi connectivity index (χ2v) is 9.99. The summed E-state index contributed by atoms with van der Waals surface area (Å²) in [6.45, 7) is 1.57. The molecule has 0 aliphatic heterocycles. The van der Waals surface area contributed by atoms with Crippen LogP contribution in [0.3, 0.4) is 0 Å². The third kappa shape index (κ3) is 7.46. The van der Waals surface area contributed by atoms with E-state index in [2.05, 4.69) is 5.32 Å². The van der Waals surface area contributed by atoms with E-state index in [0.29, 0.717) is 29.5 Å². The van der Waals surface area contributed by atoms with Crippen molar-refractivity contribution in [3.63, 3.8) is 0 Å². The molecule has 0 fully saturated rings. The predicted octanol–water partition coefficient (Wildman–Crippen LogP) is 6.50. The Morgan fingerprint density at radius 3 is 2.00 bits per heavy atom. The molecule has 0 saturated heterocycles. The van der Waals surface area contributed by atoms with E-state index in [9.17, 15) is 28.3 Å². The Labute approximate surface area is 243 Å². The van der Waals surface area contributed by atoms with Crippen molar-refractivity contribution in [2.24, 2.45) is 0 Å². The van der Waals surface area contributed by atoms with Gasteiger partial charge in [-0.3, -0.25) is 14.4 Å². The lowest BCUT2D eigenvalue weighted by Crippen LogP contribution is -2.40. The van der Waals surface area contributed by atoms with Gasteiger partial charge in [-0.15, -0.1) is 0 Å². The first-order chi connectivity index (χ1) is 20.3. The highest BCUT2D eigenvalue weighted by molar-refractivity contribution is 6.06. The number of carboxylic acids is 1. The number of aliphatic carboxylic acids is 1. The van der Waals surface area contributed by atoms with Crippen LogP contribution in [0.1, 0.15) is 51.6 Å². The van der Waals surface area contributed by atoms with E-state index in [1.54, 1.807) is 53.4 Å². The van der Waals surface area contributed by atoms with Crippen molar-refractivity contribution in [2.45, 2.75) is 38.8 Å². The number of benzene rings is 4. The lowest BCUT2D eigenvalue weighted by atomic mass is 9.93. The number of amides is 2. The first-order valence-electron chi connectivity index (χ1n) is 13.7. The molecule has 216 valence electrons. The molecule has 1 atom stereocenters. The van der Waals surface area contributed by atoms with Crippen molar-refractivity contribution in [1.82, 2.24) is 10.2 Å². The molecule has 0 radical (unpaired) electrons. The normalized spacial score (nSPS) is 11.5. The van der Waals surface area contributed by atoms with Crippen LogP contribution in [0.15, 0.2) is 97.1 Å². The van der Waals surface area contributed by atoms with Crippen LogP contribution in [0.25, 0.3) is 11.1 Å². The molecule has 1 unspecified atom stereocenters. The van der Waals surface area contributed by atoms with Gasteiger partial charge in [-0.1, -0.05) is 72.8 Å². The summed E-state index contributed by atoms with van der Waals surface area (Å²) < 4.78 is 28.2. The Hall–Kier alpha value is -4.85. The minimum Gasteiger partial charge on any atom is -0.481 e. The molecular formula is C34H32F2N2O4. The van der Waals surface area contributed by atoms with Gasteiger partial charge < -0.3 is 15.3 Å². The largest absolute Gasteiger partial charge is 0.481 e. The molecule has 0 heterocycles. The van der Waals surface area contributed by atoms with Crippen LogP contribution in [-0.4, -0.2) is 40.4 Å². The lowest BCUT2D eigenvalue weighted by Gasteiger charge is -2.30. The molecule has 8 heteroatoms. The Bertz CT molecular complexity index is 1540. The molecule has 0 aliphatic carbocycles. The summed E-state index contributed by atoms with van der Waals surface area (Å²) in [7, 11) is 0. The fraction of sp³-hybridized carbons (Fsp3) is 0.206. The van der Waals surface area contributed by atoms with Crippen molar-refractivity contribution in [2.75, 3.05) is 6.54 Å². The predicted molar refractivity (Wildman–Crippen MR) is 157 cm³/mol. The third-order valence-electron chi connectivity index (χ3n) is 7.16. The van der Waals surface area contributed by atoms with Crippen LogP contribution in [-0.2, 0) is 17.8 Å². The number of nitrogens with zero attached hydrogens (tertiary/aromatic N) is 1. The minimum atomic E-state index is -1.01. The summed E-state index contributed by atoms with van der Waals surface area (Å²) in [5.74, 6) is -3.44. The Kier molecular flexibility index (Phi) is 10.2. The topological polar surface area (TPSA) is 86.7 Å². The van der Waals surface area contributed by atoms with Gasteiger partial charge in [-0.2, -0.15) is 0 Å². The molecule has 4 aromatic carbocycles. The van der Waals surface area contributed by atoms with Crippen LogP contribution in [0.5, 0.6) is 0 Å². The second-order valence-electron chi connectivity index (χ2n) is 9.99. The molecule has 2 amide bonds. The quantitative estimate of drug-likeness (QED) is 0.204. The summed E-state index contributed by atoms with van der Waals surface area (Å²) >= 11 is 0. The summed E-state index contributed by atoms with van der Waals surface area (Å²) in [6.07, 6.45) is 1.13. The van der Waals surface area contributed by atoms with E-state index in [1.165, 1.54) is 6.07 Å². The monoisotopic (exact) mass is 570 g/mol. The van der Waals surface area contributed by atoms with Crippen molar-refractivity contribution in [1.29, 1.82) is 0 Å². The van der Waals surface area contributed by atoms with E-state index in [1.807, 2.05) is 37.3 Å². The molecule has 0 bridgehead atoms. The van der Waals surface area contributed by atoms with E-state index in [-0.39, 0.29) is 42.6 Å². The van der Waals surface area contributed by atoms with Crippen molar-refractivity contribution in [3.05, 3.63) is 131 Å². The zero-order chi connectivity index (χ0) is 30.1. The highest BCUT2D eigenvalue weighted by atomic mass is 19.1. The number of hydrogen-bond donors (Lipinski definition) is 2. The minimum absolute atomic E-state index is 0.0226. The second kappa shape index (κ2) is 14.2. The maximum atomic E-state index is 14.1. The number of nitrogens with one attached hydrogen (secondary N) is 1. The van der Waals surface area contributed by atoms with Crippen LogP contribution in [0, 0.1) is 11.6 Å². The summed E-state index contributed by atoms with van der Waals surface area (Å²) in [5, 5.41) is 12.0. The Morgan fingerprint density at radius 1 is 0.786 bits per heavy atom. The standard InChI is InChI=1S/C34H32F2N2O4/c1-23(18-19-24-10-3-2-4-11-24)38(21-20-32(39)40)34(42)28-15-8-6-13-26(28)25-12-5-7-14-27(25)33(41)37-22-29-30(35)16-9-17-31(29)36/h2-17,23H,18-22H2,1H3,(H,37,41)(H,39,40). The van der Waals surface area contributed by atoms with Gasteiger partial charge in [0.25, 0.3) is 11.8 Å². The number of aryl methyl sites for hydroxylation is 1. The average molecular weight is 571 g/mol. The van der Waals surface area contributed by atoms with Crippen LogP contribution < -0.4 is 5.32 Å². The van der Waals surface area contributed by atoms with Gasteiger partial charge in [0.15, 0.2) is 0 Å².